The van der Waals surface area contributed by atoms with E-state index in [9.17, 15) is 9.59 Å². The minimum Gasteiger partial charge on any atom is -0.492 e. The average molecular weight is 450 g/mol. The normalized spacial score (nSPS) is 14.1. The lowest BCUT2D eigenvalue weighted by Gasteiger charge is -2.26. The monoisotopic (exact) mass is 449 g/mol. The number of rotatable bonds is 9. The zero-order valence-electron chi connectivity index (χ0n) is 18.3. The number of hydrogen-bond donors (Lipinski definition) is 2. The molecule has 1 fully saturated rings. The molecule has 2 heterocycles. The number of carbonyl (C=O) groups is 2. The van der Waals surface area contributed by atoms with Gasteiger partial charge in [0.25, 0.3) is 11.8 Å². The second-order valence-corrected chi connectivity index (χ2v) is 7.70. The Morgan fingerprint density at radius 2 is 1.79 bits per heavy atom. The van der Waals surface area contributed by atoms with E-state index >= 15 is 0 Å². The Balaban J connectivity index is 1.36. The number of aromatic nitrogens is 2. The number of carbonyl (C=O) groups excluding carboxylic acids is 2. The van der Waals surface area contributed by atoms with Crippen LogP contribution in [0.5, 0.6) is 5.75 Å². The summed E-state index contributed by atoms with van der Waals surface area (Å²) >= 11 is 0. The van der Waals surface area contributed by atoms with Crippen LogP contribution in [0.1, 0.15) is 26.4 Å². The molecule has 1 aliphatic rings. The molecular weight excluding hydrogens is 422 g/mol. The minimum atomic E-state index is -0.664. The van der Waals surface area contributed by atoms with Gasteiger partial charge in [-0.1, -0.05) is 30.3 Å². The van der Waals surface area contributed by atoms with Crippen molar-refractivity contribution in [2.24, 2.45) is 5.73 Å². The van der Waals surface area contributed by atoms with Crippen molar-refractivity contribution in [3.8, 4) is 5.75 Å². The Kier molecular flexibility index (Phi) is 7.33. The van der Waals surface area contributed by atoms with E-state index in [0.717, 1.165) is 38.4 Å². The number of anilines is 1. The van der Waals surface area contributed by atoms with Crippen molar-refractivity contribution >= 4 is 17.6 Å². The summed E-state index contributed by atoms with van der Waals surface area (Å²) in [7, 11) is 0. The summed E-state index contributed by atoms with van der Waals surface area (Å²) in [6.45, 7) is 5.14. The lowest BCUT2D eigenvalue weighted by atomic mass is 10.2. The standard InChI is InChI=1S/C24H27N5O4/c25-22(30)21-23(26-17-29(21)16-18-4-2-1-3-5-18)27-24(31)19-6-8-20(9-7-19)33-15-12-28-10-13-32-14-11-28/h1-9,17H,10-16H2,(H2,25,30)(H,27,31). The van der Waals surface area contributed by atoms with E-state index in [-0.39, 0.29) is 17.4 Å². The Bertz CT molecular complexity index is 1080. The number of benzene rings is 2. The summed E-state index contributed by atoms with van der Waals surface area (Å²) in [4.78, 5) is 31.3. The molecule has 0 saturated carbocycles. The highest BCUT2D eigenvalue weighted by Gasteiger charge is 2.19. The molecule has 172 valence electrons. The summed E-state index contributed by atoms with van der Waals surface area (Å²) in [6, 6.07) is 16.5. The second-order valence-electron chi connectivity index (χ2n) is 7.70. The van der Waals surface area contributed by atoms with E-state index in [0.29, 0.717) is 24.5 Å². The molecule has 4 rings (SSSR count). The number of primary amides is 1. The van der Waals surface area contributed by atoms with Crippen LogP contribution < -0.4 is 15.8 Å². The molecule has 1 saturated heterocycles. The third-order valence-electron chi connectivity index (χ3n) is 5.40. The number of morpholine rings is 1. The van der Waals surface area contributed by atoms with Gasteiger partial charge >= 0.3 is 0 Å². The van der Waals surface area contributed by atoms with E-state index in [1.807, 2.05) is 30.3 Å². The second kappa shape index (κ2) is 10.8. The SMILES string of the molecule is NC(=O)c1c(NC(=O)c2ccc(OCCN3CCOCC3)cc2)ncn1Cc1ccccc1. The van der Waals surface area contributed by atoms with Gasteiger partial charge in [0.2, 0.25) is 0 Å². The summed E-state index contributed by atoms with van der Waals surface area (Å²) in [5.74, 6) is -0.232. The van der Waals surface area contributed by atoms with Gasteiger partial charge in [0.15, 0.2) is 11.5 Å². The summed E-state index contributed by atoms with van der Waals surface area (Å²) in [5, 5.41) is 2.69. The van der Waals surface area contributed by atoms with E-state index < -0.39 is 5.91 Å². The molecule has 2 aromatic carbocycles. The molecule has 0 radical (unpaired) electrons. The smallest absolute Gasteiger partial charge is 0.269 e. The van der Waals surface area contributed by atoms with Crippen molar-refractivity contribution < 1.29 is 19.1 Å². The number of amides is 2. The molecule has 1 aliphatic heterocycles. The zero-order chi connectivity index (χ0) is 23.0. The fourth-order valence-corrected chi connectivity index (χ4v) is 3.63. The van der Waals surface area contributed by atoms with E-state index in [1.54, 1.807) is 28.8 Å². The third-order valence-corrected chi connectivity index (χ3v) is 5.40. The number of hydrogen-bond acceptors (Lipinski definition) is 6. The number of ether oxygens (including phenoxy) is 2. The van der Waals surface area contributed by atoms with Gasteiger partial charge in [-0.05, 0) is 29.8 Å². The zero-order valence-corrected chi connectivity index (χ0v) is 18.3. The van der Waals surface area contributed by atoms with Crippen LogP contribution in [0.4, 0.5) is 5.82 Å². The van der Waals surface area contributed by atoms with Gasteiger partial charge in [-0.15, -0.1) is 0 Å². The van der Waals surface area contributed by atoms with Crippen LogP contribution in [0, 0.1) is 0 Å². The largest absolute Gasteiger partial charge is 0.492 e. The molecule has 2 amide bonds. The first-order chi connectivity index (χ1) is 16.1. The first-order valence-corrected chi connectivity index (χ1v) is 10.8. The first kappa shape index (κ1) is 22.5. The highest BCUT2D eigenvalue weighted by Crippen LogP contribution is 2.18. The van der Waals surface area contributed by atoms with Crippen LogP contribution in [0.25, 0.3) is 0 Å². The Morgan fingerprint density at radius 1 is 1.06 bits per heavy atom. The highest BCUT2D eigenvalue weighted by atomic mass is 16.5. The van der Waals surface area contributed by atoms with Crippen molar-refractivity contribution in [2.75, 3.05) is 44.8 Å². The summed E-state index contributed by atoms with van der Waals surface area (Å²) < 4.78 is 12.7. The topological polar surface area (TPSA) is 112 Å². The molecular formula is C24H27N5O4. The van der Waals surface area contributed by atoms with Crippen molar-refractivity contribution in [2.45, 2.75) is 6.54 Å². The van der Waals surface area contributed by atoms with Gasteiger partial charge < -0.3 is 25.1 Å². The average Bonchev–Trinajstić information content (AvgIpc) is 3.23. The quantitative estimate of drug-likeness (QED) is 0.517. The van der Waals surface area contributed by atoms with Crippen LogP contribution in [0.2, 0.25) is 0 Å². The highest BCUT2D eigenvalue weighted by molar-refractivity contribution is 6.07. The van der Waals surface area contributed by atoms with Crippen molar-refractivity contribution in [1.29, 1.82) is 0 Å². The van der Waals surface area contributed by atoms with Gasteiger partial charge in [0, 0.05) is 31.7 Å². The number of nitrogens with two attached hydrogens (primary N) is 1. The molecule has 0 bridgehead atoms. The van der Waals surface area contributed by atoms with Gasteiger partial charge in [-0.2, -0.15) is 0 Å². The number of imidazole rings is 1. The predicted molar refractivity (Wildman–Crippen MR) is 123 cm³/mol. The minimum absolute atomic E-state index is 0.134. The maximum Gasteiger partial charge on any atom is 0.269 e. The molecule has 0 unspecified atom stereocenters. The number of nitrogens with zero attached hydrogens (tertiary/aromatic N) is 3. The molecule has 9 nitrogen and oxygen atoms in total. The van der Waals surface area contributed by atoms with E-state index in [2.05, 4.69) is 15.2 Å². The predicted octanol–water partition coefficient (Wildman–Crippen LogP) is 1.99. The Hall–Kier alpha value is -3.69. The molecule has 1 aromatic heterocycles. The van der Waals surface area contributed by atoms with Crippen LogP contribution in [0.15, 0.2) is 60.9 Å². The Morgan fingerprint density at radius 3 is 2.48 bits per heavy atom. The molecule has 3 N–H and O–H groups in total. The van der Waals surface area contributed by atoms with Crippen molar-refractivity contribution in [3.05, 3.63) is 77.7 Å². The van der Waals surface area contributed by atoms with Crippen LogP contribution >= 0.6 is 0 Å². The molecule has 3 aromatic rings. The first-order valence-electron chi connectivity index (χ1n) is 10.8. The molecule has 9 heteroatoms. The molecule has 33 heavy (non-hydrogen) atoms. The van der Waals surface area contributed by atoms with Crippen molar-refractivity contribution in [1.82, 2.24) is 14.5 Å². The van der Waals surface area contributed by atoms with Crippen LogP contribution in [0.3, 0.4) is 0 Å². The van der Waals surface area contributed by atoms with Gasteiger partial charge in [-0.3, -0.25) is 14.5 Å². The molecule has 0 aliphatic carbocycles. The third kappa shape index (κ3) is 5.97. The lowest BCUT2D eigenvalue weighted by Crippen LogP contribution is -2.38. The number of nitrogens with one attached hydrogen (secondary N) is 1. The fraction of sp³-hybridized carbons (Fsp3) is 0.292. The maximum absolute atomic E-state index is 12.7. The van der Waals surface area contributed by atoms with Crippen LogP contribution in [-0.4, -0.2) is 65.7 Å². The van der Waals surface area contributed by atoms with E-state index in [1.165, 1.54) is 6.33 Å². The Labute approximate surface area is 192 Å². The summed E-state index contributed by atoms with van der Waals surface area (Å²) in [5.41, 5.74) is 7.12. The van der Waals surface area contributed by atoms with Gasteiger partial charge in [0.1, 0.15) is 12.4 Å². The lowest BCUT2D eigenvalue weighted by molar-refractivity contribution is 0.0322. The maximum atomic E-state index is 12.7. The summed E-state index contributed by atoms with van der Waals surface area (Å²) in [6.07, 6.45) is 1.49. The van der Waals surface area contributed by atoms with Gasteiger partial charge in [-0.25, -0.2) is 4.98 Å². The fourth-order valence-electron chi connectivity index (χ4n) is 3.63. The van der Waals surface area contributed by atoms with Crippen LogP contribution in [-0.2, 0) is 11.3 Å². The molecule has 0 spiro atoms. The molecule has 0 atom stereocenters. The van der Waals surface area contributed by atoms with E-state index in [4.69, 9.17) is 15.2 Å². The van der Waals surface area contributed by atoms with Gasteiger partial charge in [0.05, 0.1) is 19.5 Å². The van der Waals surface area contributed by atoms with Crippen molar-refractivity contribution in [3.63, 3.8) is 0 Å².